The summed E-state index contributed by atoms with van der Waals surface area (Å²) < 4.78 is 0. The van der Waals surface area contributed by atoms with Gasteiger partial charge in [-0.15, -0.1) is 0 Å². The second kappa shape index (κ2) is 8.60. The summed E-state index contributed by atoms with van der Waals surface area (Å²) in [5, 5.41) is 9.79. The number of benzene rings is 1. The number of pyridine rings is 1. The maximum absolute atomic E-state index is 13.3. The molecule has 2 aromatic heterocycles. The average Bonchev–Trinajstić information content (AvgIpc) is 3.11. The van der Waals surface area contributed by atoms with Gasteiger partial charge in [-0.3, -0.25) is 9.78 Å². The molecule has 0 saturated heterocycles. The number of nitrogens with one attached hydrogen (secondary N) is 1. The third kappa shape index (κ3) is 4.23. The molecule has 0 fully saturated rings. The lowest BCUT2D eigenvalue weighted by molar-refractivity contribution is 0.0557. The Kier molecular flexibility index (Phi) is 5.98. The van der Waals surface area contributed by atoms with Crippen LogP contribution in [0.5, 0.6) is 0 Å². The van der Waals surface area contributed by atoms with Gasteiger partial charge in [-0.2, -0.15) is 0 Å². The quantitative estimate of drug-likeness (QED) is 0.674. The van der Waals surface area contributed by atoms with Gasteiger partial charge in [0.1, 0.15) is 11.5 Å². The normalized spacial score (nSPS) is 12.0. The minimum atomic E-state index is -0.283. The highest BCUT2D eigenvalue weighted by atomic mass is 16.3. The first-order valence-electron chi connectivity index (χ1n) is 9.06. The molecule has 27 heavy (non-hydrogen) atoms. The molecule has 3 aromatic rings. The third-order valence-corrected chi connectivity index (χ3v) is 4.59. The summed E-state index contributed by atoms with van der Waals surface area (Å²) >= 11 is 0. The number of aryl methyl sites for hydroxylation is 1. The Balaban J connectivity index is 1.93. The van der Waals surface area contributed by atoms with Crippen LogP contribution in [0.3, 0.4) is 0 Å². The van der Waals surface area contributed by atoms with Crippen molar-refractivity contribution >= 4 is 5.91 Å². The van der Waals surface area contributed by atoms with Gasteiger partial charge in [0.05, 0.1) is 12.6 Å². The van der Waals surface area contributed by atoms with Gasteiger partial charge in [0.2, 0.25) is 0 Å². The Bertz CT molecular complexity index is 874. The highest BCUT2D eigenvalue weighted by molar-refractivity contribution is 5.94. The molecule has 1 amide bonds. The van der Waals surface area contributed by atoms with E-state index in [1.807, 2.05) is 56.3 Å². The van der Waals surface area contributed by atoms with Crippen LogP contribution in [0.1, 0.15) is 35.1 Å². The monoisotopic (exact) mass is 364 g/mol. The molecule has 2 heterocycles. The Hall–Kier alpha value is -2.99. The van der Waals surface area contributed by atoms with Gasteiger partial charge >= 0.3 is 0 Å². The summed E-state index contributed by atoms with van der Waals surface area (Å²) in [6.07, 6.45) is 4.08. The van der Waals surface area contributed by atoms with Gasteiger partial charge in [-0.25, -0.2) is 4.98 Å². The molecule has 3 rings (SSSR count). The van der Waals surface area contributed by atoms with Crippen molar-refractivity contribution in [3.05, 3.63) is 71.8 Å². The summed E-state index contributed by atoms with van der Waals surface area (Å²) in [6.45, 7) is 4.07. The Morgan fingerprint density at radius 1 is 1.22 bits per heavy atom. The molecule has 0 radical (unpaired) electrons. The first-order chi connectivity index (χ1) is 13.1. The van der Waals surface area contributed by atoms with Gasteiger partial charge in [0.25, 0.3) is 5.91 Å². The lowest BCUT2D eigenvalue weighted by atomic mass is 10.1. The van der Waals surface area contributed by atoms with E-state index in [0.717, 1.165) is 11.1 Å². The number of nitrogens with zero attached hydrogens (tertiary/aromatic N) is 3. The van der Waals surface area contributed by atoms with Crippen molar-refractivity contribution in [3.8, 4) is 11.4 Å². The molecule has 0 aliphatic carbocycles. The van der Waals surface area contributed by atoms with Crippen LogP contribution in [-0.2, 0) is 6.54 Å². The number of H-pyrrole nitrogens is 1. The molecule has 6 heteroatoms. The minimum absolute atomic E-state index is 0.0997. The van der Waals surface area contributed by atoms with Gasteiger partial charge < -0.3 is 15.0 Å². The molecule has 0 aliphatic heterocycles. The first kappa shape index (κ1) is 18.8. The number of amides is 1. The molecule has 1 aromatic carbocycles. The molecule has 0 spiro atoms. The number of carbonyl (C=O) groups excluding carboxylic acids is 1. The van der Waals surface area contributed by atoms with E-state index in [0.29, 0.717) is 30.2 Å². The Morgan fingerprint density at radius 2 is 2.00 bits per heavy atom. The molecule has 140 valence electrons. The number of imidazole rings is 1. The van der Waals surface area contributed by atoms with Crippen LogP contribution in [0, 0.1) is 6.92 Å². The van der Waals surface area contributed by atoms with E-state index in [-0.39, 0.29) is 18.6 Å². The molecule has 1 atom stereocenters. The zero-order chi connectivity index (χ0) is 19.2. The predicted molar refractivity (Wildman–Crippen MR) is 104 cm³/mol. The van der Waals surface area contributed by atoms with Crippen molar-refractivity contribution in [1.82, 2.24) is 19.9 Å². The topological polar surface area (TPSA) is 82.1 Å². The van der Waals surface area contributed by atoms with Gasteiger partial charge in [0.15, 0.2) is 0 Å². The SMILES string of the molecule is CC[C@@H](CO)N(Cc1cccnc1)C(=O)c1nc(-c2ccccc2)[nH]c1C. The second-order valence-electron chi connectivity index (χ2n) is 6.46. The van der Waals surface area contributed by atoms with Crippen LogP contribution in [0.4, 0.5) is 0 Å². The summed E-state index contributed by atoms with van der Waals surface area (Å²) in [5.74, 6) is 0.463. The van der Waals surface area contributed by atoms with Crippen LogP contribution in [0.25, 0.3) is 11.4 Å². The lowest BCUT2D eigenvalue weighted by Gasteiger charge is -2.29. The van der Waals surface area contributed by atoms with Crippen molar-refractivity contribution in [2.75, 3.05) is 6.61 Å². The van der Waals surface area contributed by atoms with E-state index in [4.69, 9.17) is 0 Å². The fourth-order valence-corrected chi connectivity index (χ4v) is 3.04. The van der Waals surface area contributed by atoms with E-state index < -0.39 is 0 Å². The largest absolute Gasteiger partial charge is 0.394 e. The Labute approximate surface area is 158 Å². The summed E-state index contributed by atoms with van der Waals surface area (Å²) in [4.78, 5) is 26.8. The number of aromatic nitrogens is 3. The van der Waals surface area contributed by atoms with E-state index in [2.05, 4.69) is 15.0 Å². The highest BCUT2D eigenvalue weighted by Gasteiger charge is 2.27. The molecule has 0 unspecified atom stereocenters. The average molecular weight is 364 g/mol. The van der Waals surface area contributed by atoms with Crippen LogP contribution in [0.15, 0.2) is 54.9 Å². The zero-order valence-electron chi connectivity index (χ0n) is 15.6. The molecule has 0 aliphatic rings. The Morgan fingerprint density at radius 3 is 2.63 bits per heavy atom. The second-order valence-corrected chi connectivity index (χ2v) is 6.46. The van der Waals surface area contributed by atoms with Crippen LogP contribution < -0.4 is 0 Å². The number of hydrogen-bond donors (Lipinski definition) is 2. The fraction of sp³-hybridized carbons (Fsp3) is 0.286. The van der Waals surface area contributed by atoms with Crippen molar-refractivity contribution in [1.29, 1.82) is 0 Å². The van der Waals surface area contributed by atoms with Crippen LogP contribution in [-0.4, -0.2) is 43.5 Å². The van der Waals surface area contributed by atoms with Gasteiger partial charge in [-0.1, -0.05) is 43.3 Å². The summed E-state index contributed by atoms with van der Waals surface area (Å²) in [5.41, 5.74) is 2.93. The molecule has 0 saturated carbocycles. The molecular formula is C21H24N4O2. The first-order valence-corrected chi connectivity index (χ1v) is 9.06. The van der Waals surface area contributed by atoms with E-state index in [1.165, 1.54) is 0 Å². The molecular weight excluding hydrogens is 340 g/mol. The smallest absolute Gasteiger partial charge is 0.274 e. The van der Waals surface area contributed by atoms with Crippen molar-refractivity contribution < 1.29 is 9.90 Å². The maximum Gasteiger partial charge on any atom is 0.274 e. The fourth-order valence-electron chi connectivity index (χ4n) is 3.04. The maximum atomic E-state index is 13.3. The number of aliphatic hydroxyl groups is 1. The molecule has 0 bridgehead atoms. The zero-order valence-corrected chi connectivity index (χ0v) is 15.6. The minimum Gasteiger partial charge on any atom is -0.394 e. The summed E-state index contributed by atoms with van der Waals surface area (Å²) in [7, 11) is 0. The van der Waals surface area contributed by atoms with E-state index in [9.17, 15) is 9.90 Å². The number of aliphatic hydroxyl groups excluding tert-OH is 1. The van der Waals surface area contributed by atoms with Crippen molar-refractivity contribution in [3.63, 3.8) is 0 Å². The van der Waals surface area contributed by atoms with E-state index in [1.54, 1.807) is 17.3 Å². The number of carbonyl (C=O) groups is 1. The standard InChI is InChI=1S/C21H24N4O2/c1-3-18(14-26)25(13-16-8-7-11-22-12-16)21(27)19-15(2)23-20(24-19)17-9-5-4-6-10-17/h4-12,18,26H,3,13-14H2,1-2H3,(H,23,24)/t18-/m0/s1. The highest BCUT2D eigenvalue weighted by Crippen LogP contribution is 2.21. The van der Waals surface area contributed by atoms with E-state index >= 15 is 0 Å². The lowest BCUT2D eigenvalue weighted by Crippen LogP contribution is -2.42. The van der Waals surface area contributed by atoms with Crippen LogP contribution >= 0.6 is 0 Å². The summed E-state index contributed by atoms with van der Waals surface area (Å²) in [6, 6.07) is 13.2. The van der Waals surface area contributed by atoms with Crippen LogP contribution in [0.2, 0.25) is 0 Å². The number of rotatable bonds is 7. The predicted octanol–water partition coefficient (Wildman–Crippen LogP) is 3.19. The van der Waals surface area contributed by atoms with Crippen molar-refractivity contribution in [2.45, 2.75) is 32.9 Å². The van der Waals surface area contributed by atoms with Crippen molar-refractivity contribution in [2.24, 2.45) is 0 Å². The third-order valence-electron chi connectivity index (χ3n) is 4.59. The number of aromatic amines is 1. The van der Waals surface area contributed by atoms with Gasteiger partial charge in [-0.05, 0) is 25.0 Å². The molecule has 2 N–H and O–H groups in total. The number of hydrogen-bond acceptors (Lipinski definition) is 4. The van der Waals surface area contributed by atoms with Gasteiger partial charge in [0, 0.05) is 30.2 Å². The molecule has 6 nitrogen and oxygen atoms in total.